The van der Waals surface area contributed by atoms with Gasteiger partial charge in [-0.2, -0.15) is 0 Å². The first-order chi connectivity index (χ1) is 12.0. The standard InChI is InChI=1S/C17H17N3O2S3/c1-11-9-23-16(18-11)25-14-5-3-13(4-6-14)19-15(21)7-8-20-12(2)10-24-17(20)22/h3-6,9-10H,7-8H2,1-2H3,(H,19,21). The van der Waals surface area contributed by atoms with E-state index in [4.69, 9.17) is 0 Å². The number of carbonyl (C=O) groups excluding carboxylic acids is 1. The normalized spacial score (nSPS) is 10.8. The first-order valence-electron chi connectivity index (χ1n) is 7.66. The van der Waals surface area contributed by atoms with Crippen LogP contribution in [0.2, 0.25) is 0 Å². The molecule has 2 heterocycles. The number of aryl methyl sites for hydroxylation is 2. The molecule has 0 aliphatic carbocycles. The van der Waals surface area contributed by atoms with Crippen molar-refractivity contribution in [2.24, 2.45) is 0 Å². The van der Waals surface area contributed by atoms with Crippen molar-refractivity contribution in [3.8, 4) is 0 Å². The summed E-state index contributed by atoms with van der Waals surface area (Å²) >= 11 is 4.39. The molecule has 0 saturated heterocycles. The lowest BCUT2D eigenvalue weighted by Gasteiger charge is -2.07. The maximum absolute atomic E-state index is 12.1. The zero-order valence-corrected chi connectivity index (χ0v) is 16.3. The Bertz CT molecular complexity index is 925. The van der Waals surface area contributed by atoms with Gasteiger partial charge in [0.2, 0.25) is 5.91 Å². The van der Waals surface area contributed by atoms with Gasteiger partial charge in [-0.05, 0) is 38.1 Å². The molecule has 0 aliphatic rings. The third-order valence-corrected chi connectivity index (χ3v) is 6.43. The average Bonchev–Trinajstić information content (AvgIpc) is 3.13. The van der Waals surface area contributed by atoms with E-state index in [1.54, 1.807) is 33.0 Å². The number of carbonyl (C=O) groups is 1. The molecule has 25 heavy (non-hydrogen) atoms. The molecule has 1 N–H and O–H groups in total. The van der Waals surface area contributed by atoms with Crippen LogP contribution in [-0.4, -0.2) is 15.5 Å². The summed E-state index contributed by atoms with van der Waals surface area (Å²) in [4.78, 5) is 29.2. The molecule has 0 radical (unpaired) electrons. The lowest BCUT2D eigenvalue weighted by atomic mass is 10.3. The van der Waals surface area contributed by atoms with Gasteiger partial charge in [-0.3, -0.25) is 9.59 Å². The Labute approximate surface area is 157 Å². The van der Waals surface area contributed by atoms with Crippen molar-refractivity contribution in [3.63, 3.8) is 0 Å². The van der Waals surface area contributed by atoms with E-state index in [-0.39, 0.29) is 17.2 Å². The number of anilines is 1. The van der Waals surface area contributed by atoms with Crippen molar-refractivity contribution >= 4 is 46.0 Å². The third kappa shape index (κ3) is 4.81. The molecular weight excluding hydrogens is 374 g/mol. The lowest BCUT2D eigenvalue weighted by Crippen LogP contribution is -2.20. The van der Waals surface area contributed by atoms with E-state index in [9.17, 15) is 9.59 Å². The third-order valence-electron chi connectivity index (χ3n) is 3.48. The van der Waals surface area contributed by atoms with Crippen LogP contribution in [0.3, 0.4) is 0 Å². The molecule has 3 aromatic rings. The van der Waals surface area contributed by atoms with Gasteiger partial charge in [-0.25, -0.2) is 4.98 Å². The van der Waals surface area contributed by atoms with Gasteiger partial charge in [0.1, 0.15) is 0 Å². The van der Waals surface area contributed by atoms with E-state index < -0.39 is 0 Å². The van der Waals surface area contributed by atoms with E-state index in [2.05, 4.69) is 10.3 Å². The fourth-order valence-electron chi connectivity index (χ4n) is 2.20. The van der Waals surface area contributed by atoms with E-state index in [1.165, 1.54) is 0 Å². The van der Waals surface area contributed by atoms with Gasteiger partial charge in [0.15, 0.2) is 4.34 Å². The van der Waals surface area contributed by atoms with Gasteiger partial charge in [-0.1, -0.05) is 23.1 Å². The first-order valence-corrected chi connectivity index (χ1v) is 10.2. The van der Waals surface area contributed by atoms with Crippen LogP contribution in [0.15, 0.2) is 49.1 Å². The summed E-state index contributed by atoms with van der Waals surface area (Å²) in [5, 5.41) is 6.70. The van der Waals surface area contributed by atoms with Crippen molar-refractivity contribution in [2.75, 3.05) is 5.32 Å². The highest BCUT2D eigenvalue weighted by Crippen LogP contribution is 2.30. The number of thiazole rings is 2. The van der Waals surface area contributed by atoms with Gasteiger partial charge < -0.3 is 9.88 Å². The Morgan fingerprint density at radius 3 is 2.56 bits per heavy atom. The number of amides is 1. The monoisotopic (exact) mass is 391 g/mol. The maximum Gasteiger partial charge on any atom is 0.307 e. The molecule has 0 aliphatic heterocycles. The molecule has 0 fully saturated rings. The van der Waals surface area contributed by atoms with Gasteiger partial charge in [0, 0.05) is 45.7 Å². The quantitative estimate of drug-likeness (QED) is 0.685. The van der Waals surface area contributed by atoms with E-state index in [1.807, 2.05) is 43.5 Å². The number of nitrogens with zero attached hydrogens (tertiary/aromatic N) is 2. The molecule has 0 unspecified atom stereocenters. The van der Waals surface area contributed by atoms with Crippen LogP contribution in [0.1, 0.15) is 17.8 Å². The average molecular weight is 392 g/mol. The van der Waals surface area contributed by atoms with Crippen LogP contribution in [0, 0.1) is 13.8 Å². The summed E-state index contributed by atoms with van der Waals surface area (Å²) in [5.74, 6) is -0.103. The van der Waals surface area contributed by atoms with E-state index in [0.29, 0.717) is 6.54 Å². The highest BCUT2D eigenvalue weighted by molar-refractivity contribution is 8.01. The molecule has 130 valence electrons. The second kappa shape index (κ2) is 7.99. The summed E-state index contributed by atoms with van der Waals surface area (Å²) in [6.45, 7) is 4.25. The molecule has 1 amide bonds. The van der Waals surface area contributed by atoms with Crippen LogP contribution < -0.4 is 10.2 Å². The Hall–Kier alpha value is -1.90. The summed E-state index contributed by atoms with van der Waals surface area (Å²) in [7, 11) is 0. The summed E-state index contributed by atoms with van der Waals surface area (Å²) < 4.78 is 2.63. The summed E-state index contributed by atoms with van der Waals surface area (Å²) in [6, 6.07) is 7.68. The second-order valence-corrected chi connectivity index (χ2v) is 8.47. The Balaban J connectivity index is 1.54. The largest absolute Gasteiger partial charge is 0.326 e. The maximum atomic E-state index is 12.1. The molecule has 1 aromatic carbocycles. The van der Waals surface area contributed by atoms with Crippen molar-refractivity contribution in [1.82, 2.24) is 9.55 Å². The van der Waals surface area contributed by atoms with E-state index >= 15 is 0 Å². The molecule has 0 bridgehead atoms. The zero-order valence-electron chi connectivity index (χ0n) is 13.8. The fraction of sp³-hybridized carbons (Fsp3) is 0.235. The summed E-state index contributed by atoms with van der Waals surface area (Å²) in [6.07, 6.45) is 0.270. The molecule has 0 spiro atoms. The number of hydrogen-bond donors (Lipinski definition) is 1. The van der Waals surface area contributed by atoms with Crippen molar-refractivity contribution in [2.45, 2.75) is 36.0 Å². The summed E-state index contributed by atoms with van der Waals surface area (Å²) in [5.41, 5.74) is 2.66. The Kier molecular flexibility index (Phi) is 5.72. The molecule has 0 saturated carbocycles. The SMILES string of the molecule is Cc1csc(Sc2ccc(NC(=O)CCn3c(C)csc3=O)cc2)n1. The Morgan fingerprint density at radius 1 is 1.20 bits per heavy atom. The van der Waals surface area contributed by atoms with Gasteiger partial charge in [0.05, 0.1) is 0 Å². The minimum absolute atomic E-state index is 0.0240. The molecule has 3 rings (SSSR count). The second-order valence-electron chi connectivity index (χ2n) is 5.47. The highest BCUT2D eigenvalue weighted by Gasteiger charge is 2.07. The number of rotatable bonds is 6. The predicted octanol–water partition coefficient (Wildman–Crippen LogP) is 4.16. The van der Waals surface area contributed by atoms with Gasteiger partial charge in [0.25, 0.3) is 0 Å². The number of nitrogens with one attached hydrogen (secondary N) is 1. The van der Waals surface area contributed by atoms with Gasteiger partial charge >= 0.3 is 4.87 Å². The molecule has 8 heteroatoms. The molecule has 0 atom stereocenters. The first kappa shape index (κ1) is 17.9. The molecular formula is C17H17N3O2S3. The Morgan fingerprint density at radius 2 is 1.96 bits per heavy atom. The fourth-order valence-corrected chi connectivity index (χ4v) is 4.77. The number of aromatic nitrogens is 2. The highest BCUT2D eigenvalue weighted by atomic mass is 32.2. The van der Waals surface area contributed by atoms with Crippen LogP contribution in [0.25, 0.3) is 0 Å². The van der Waals surface area contributed by atoms with Crippen molar-refractivity contribution in [1.29, 1.82) is 0 Å². The molecule has 5 nitrogen and oxygen atoms in total. The van der Waals surface area contributed by atoms with Crippen LogP contribution in [-0.2, 0) is 11.3 Å². The minimum atomic E-state index is -0.103. The van der Waals surface area contributed by atoms with Crippen LogP contribution in [0.5, 0.6) is 0 Å². The predicted molar refractivity (Wildman–Crippen MR) is 104 cm³/mol. The topological polar surface area (TPSA) is 64.0 Å². The van der Waals surface area contributed by atoms with E-state index in [0.717, 1.165) is 37.6 Å². The van der Waals surface area contributed by atoms with Crippen LogP contribution >= 0.6 is 34.4 Å². The number of hydrogen-bond acceptors (Lipinski definition) is 6. The van der Waals surface area contributed by atoms with Crippen molar-refractivity contribution in [3.05, 3.63) is 56.1 Å². The van der Waals surface area contributed by atoms with Crippen LogP contribution in [0.4, 0.5) is 5.69 Å². The lowest BCUT2D eigenvalue weighted by molar-refractivity contribution is -0.116. The smallest absolute Gasteiger partial charge is 0.307 e. The minimum Gasteiger partial charge on any atom is -0.326 e. The zero-order chi connectivity index (χ0) is 17.8. The van der Waals surface area contributed by atoms with Gasteiger partial charge in [-0.15, -0.1) is 11.3 Å². The number of benzene rings is 1. The van der Waals surface area contributed by atoms with Crippen molar-refractivity contribution < 1.29 is 4.79 Å². The molecule has 2 aromatic heterocycles.